The number of hydrogen-bond acceptors (Lipinski definition) is 2. The van der Waals surface area contributed by atoms with Gasteiger partial charge in [0.25, 0.3) is 0 Å². The van der Waals surface area contributed by atoms with Gasteiger partial charge < -0.3 is 0 Å². The molecule has 4 unspecified atom stereocenters. The molecule has 4 saturated carbocycles. The molecule has 0 heterocycles. The molecular weight excluding hydrogens is 224 g/mol. The summed E-state index contributed by atoms with van der Waals surface area (Å²) < 4.78 is 0. The highest BCUT2D eigenvalue weighted by Gasteiger charge is 2.91. The minimum atomic E-state index is -0.368. The monoisotopic (exact) mass is 240 g/mol. The van der Waals surface area contributed by atoms with Crippen LogP contribution in [0.2, 0.25) is 0 Å². The van der Waals surface area contributed by atoms with Gasteiger partial charge in [-0.05, 0) is 49.4 Å². The van der Waals surface area contributed by atoms with Gasteiger partial charge in [0, 0.05) is 0 Å². The molecule has 6 aliphatic carbocycles. The number of carbonyl (C=O) groups excluding carboxylic acids is 2. The zero-order valence-electron chi connectivity index (χ0n) is 10.6. The summed E-state index contributed by atoms with van der Waals surface area (Å²) in [5.74, 6) is 3.06. The van der Waals surface area contributed by atoms with Crippen molar-refractivity contribution in [3.05, 3.63) is 24.3 Å². The Bertz CT molecular complexity index is 502. The predicted octanol–water partition coefficient (Wildman–Crippen LogP) is 2.01. The van der Waals surface area contributed by atoms with Crippen LogP contribution in [0.5, 0.6) is 0 Å². The summed E-state index contributed by atoms with van der Waals surface area (Å²) >= 11 is 0. The van der Waals surface area contributed by atoms with E-state index in [1.165, 1.54) is 0 Å². The van der Waals surface area contributed by atoms with Crippen LogP contribution in [0.1, 0.15) is 13.8 Å². The number of allylic oxidation sites excluding steroid dienone is 4. The zero-order chi connectivity index (χ0) is 12.4. The molecular formula is C16H16O2. The molecule has 0 amide bonds. The van der Waals surface area contributed by atoms with Crippen molar-refractivity contribution in [3.8, 4) is 0 Å². The number of Topliss-reactive ketones (excluding diaryl/α,β-unsaturated/α-hetero) is 2. The van der Waals surface area contributed by atoms with Crippen molar-refractivity contribution in [2.75, 3.05) is 0 Å². The first-order chi connectivity index (χ1) is 8.59. The molecule has 6 rings (SSSR count). The van der Waals surface area contributed by atoms with Gasteiger partial charge in [-0.3, -0.25) is 9.59 Å². The van der Waals surface area contributed by atoms with E-state index in [2.05, 4.69) is 24.3 Å². The third-order valence-corrected chi connectivity index (χ3v) is 7.11. The Kier molecular flexibility index (Phi) is 1.24. The van der Waals surface area contributed by atoms with Gasteiger partial charge in [-0.15, -0.1) is 0 Å². The summed E-state index contributed by atoms with van der Waals surface area (Å²) in [6, 6.07) is 0. The van der Waals surface area contributed by atoms with Crippen LogP contribution in [0.3, 0.4) is 0 Å². The topological polar surface area (TPSA) is 34.1 Å². The molecule has 4 fully saturated rings. The van der Waals surface area contributed by atoms with E-state index in [0.717, 1.165) is 0 Å². The van der Waals surface area contributed by atoms with Crippen LogP contribution >= 0.6 is 0 Å². The standard InChI is InChI=1S/C16H16O2/c1-7(17)15-9-3-5-11-13(9)14-10(15)4-6-12(14)16(11,15)8(2)18/h3-6,9-14H,1-2H3. The summed E-state index contributed by atoms with van der Waals surface area (Å²) in [5, 5.41) is 0. The number of rotatable bonds is 2. The van der Waals surface area contributed by atoms with Gasteiger partial charge in [0.05, 0.1) is 10.8 Å². The third-order valence-electron chi connectivity index (χ3n) is 7.11. The van der Waals surface area contributed by atoms with Gasteiger partial charge in [-0.1, -0.05) is 24.3 Å². The first kappa shape index (κ1) is 9.71. The van der Waals surface area contributed by atoms with E-state index < -0.39 is 0 Å². The van der Waals surface area contributed by atoms with Crippen molar-refractivity contribution < 1.29 is 9.59 Å². The van der Waals surface area contributed by atoms with Crippen molar-refractivity contribution in [1.82, 2.24) is 0 Å². The van der Waals surface area contributed by atoms with Gasteiger partial charge >= 0.3 is 0 Å². The summed E-state index contributed by atoms with van der Waals surface area (Å²) in [7, 11) is 0. The fourth-order valence-corrected chi connectivity index (χ4v) is 7.29. The van der Waals surface area contributed by atoms with E-state index in [1.54, 1.807) is 13.8 Å². The second-order valence-corrected chi connectivity index (χ2v) is 6.88. The molecule has 0 radical (unpaired) electrons. The Balaban J connectivity index is 1.94. The Hall–Kier alpha value is -1.18. The van der Waals surface area contributed by atoms with Crippen molar-refractivity contribution >= 4 is 11.6 Å². The Labute approximate surface area is 106 Å². The first-order valence-electron chi connectivity index (χ1n) is 6.98. The molecule has 0 aromatic carbocycles. The van der Waals surface area contributed by atoms with E-state index in [4.69, 9.17) is 0 Å². The summed E-state index contributed by atoms with van der Waals surface area (Å²) in [6.45, 7) is 3.44. The van der Waals surface area contributed by atoms with E-state index in [1.807, 2.05) is 0 Å². The molecule has 2 nitrogen and oxygen atoms in total. The van der Waals surface area contributed by atoms with Gasteiger partial charge in [-0.25, -0.2) is 0 Å². The maximum absolute atomic E-state index is 12.5. The van der Waals surface area contributed by atoms with Crippen molar-refractivity contribution in [2.45, 2.75) is 13.8 Å². The van der Waals surface area contributed by atoms with Gasteiger partial charge in [0.1, 0.15) is 11.6 Å². The van der Waals surface area contributed by atoms with Crippen LogP contribution in [0.25, 0.3) is 0 Å². The summed E-state index contributed by atoms with van der Waals surface area (Å²) in [4.78, 5) is 25.1. The normalized spacial score (nSPS) is 63.4. The smallest absolute Gasteiger partial charge is 0.138 e. The Morgan fingerprint density at radius 1 is 0.722 bits per heavy atom. The highest BCUT2D eigenvalue weighted by Crippen LogP contribution is 2.89. The number of carbonyl (C=O) groups is 2. The highest BCUT2D eigenvalue weighted by molar-refractivity contribution is 5.99. The summed E-state index contributed by atoms with van der Waals surface area (Å²) in [6.07, 6.45) is 9.00. The van der Waals surface area contributed by atoms with Crippen LogP contribution < -0.4 is 0 Å². The minimum Gasteiger partial charge on any atom is -0.299 e. The number of ketones is 2. The molecule has 8 bridgehead atoms. The Morgan fingerprint density at radius 2 is 1.00 bits per heavy atom. The van der Waals surface area contributed by atoms with Crippen LogP contribution in [-0.4, -0.2) is 11.6 Å². The fourth-order valence-electron chi connectivity index (χ4n) is 7.29. The maximum atomic E-state index is 12.5. The largest absolute Gasteiger partial charge is 0.299 e. The molecule has 0 aromatic rings. The molecule has 18 heavy (non-hydrogen) atoms. The fraction of sp³-hybridized carbons (Fsp3) is 0.625. The second kappa shape index (κ2) is 2.31. The maximum Gasteiger partial charge on any atom is 0.138 e. The average Bonchev–Trinajstić information content (AvgIpc) is 3.07. The molecule has 0 N–H and O–H groups in total. The molecule has 0 spiro atoms. The van der Waals surface area contributed by atoms with Crippen LogP contribution in [0.4, 0.5) is 0 Å². The van der Waals surface area contributed by atoms with E-state index in [9.17, 15) is 9.59 Å². The van der Waals surface area contributed by atoms with Gasteiger partial charge in [-0.2, -0.15) is 0 Å². The van der Waals surface area contributed by atoms with Crippen LogP contribution in [0.15, 0.2) is 24.3 Å². The molecule has 0 saturated heterocycles. The lowest BCUT2D eigenvalue weighted by Crippen LogP contribution is -2.56. The molecule has 0 aliphatic heterocycles. The van der Waals surface area contributed by atoms with E-state index in [-0.39, 0.29) is 22.4 Å². The average molecular weight is 240 g/mol. The zero-order valence-corrected chi connectivity index (χ0v) is 10.6. The molecule has 6 aliphatic rings. The quantitative estimate of drug-likeness (QED) is 0.692. The van der Waals surface area contributed by atoms with Crippen LogP contribution in [0, 0.1) is 46.3 Å². The Morgan fingerprint density at radius 3 is 1.22 bits per heavy atom. The lowest BCUT2D eigenvalue weighted by atomic mass is 9.50. The van der Waals surface area contributed by atoms with Crippen molar-refractivity contribution in [2.24, 2.45) is 46.3 Å². The molecule has 0 aromatic heterocycles. The number of hydrogen-bond donors (Lipinski definition) is 0. The van der Waals surface area contributed by atoms with Crippen LogP contribution in [-0.2, 0) is 9.59 Å². The lowest BCUT2D eigenvalue weighted by Gasteiger charge is -2.49. The highest BCUT2D eigenvalue weighted by atomic mass is 16.1. The third kappa shape index (κ3) is 0.519. The van der Waals surface area contributed by atoms with Gasteiger partial charge in [0.2, 0.25) is 0 Å². The minimum absolute atomic E-state index is 0.263. The van der Waals surface area contributed by atoms with E-state index >= 15 is 0 Å². The predicted molar refractivity (Wildman–Crippen MR) is 65.4 cm³/mol. The van der Waals surface area contributed by atoms with Gasteiger partial charge in [0.15, 0.2) is 0 Å². The molecule has 2 heteroatoms. The summed E-state index contributed by atoms with van der Waals surface area (Å²) in [5.41, 5.74) is -0.736. The first-order valence-corrected chi connectivity index (χ1v) is 6.98. The second-order valence-electron chi connectivity index (χ2n) is 6.88. The van der Waals surface area contributed by atoms with Crippen molar-refractivity contribution in [3.63, 3.8) is 0 Å². The molecule has 4 atom stereocenters. The van der Waals surface area contributed by atoms with E-state index in [0.29, 0.717) is 35.5 Å². The molecule has 92 valence electrons. The van der Waals surface area contributed by atoms with Crippen molar-refractivity contribution in [1.29, 1.82) is 0 Å². The lowest BCUT2D eigenvalue weighted by molar-refractivity contribution is -0.150. The SMILES string of the molecule is CC(=O)C12C3C=CC4C3C3C1C=CC3C42C(C)=O.